The van der Waals surface area contributed by atoms with Crippen LogP contribution in [0.25, 0.3) is 0 Å². The Hall–Kier alpha value is -0.630. The number of methoxy groups -OCH3 is 1. The third-order valence-electron chi connectivity index (χ3n) is 6.15. The van der Waals surface area contributed by atoms with Gasteiger partial charge in [-0.15, -0.1) is 0 Å². The van der Waals surface area contributed by atoms with Gasteiger partial charge in [-0.1, -0.05) is 72.1 Å². The van der Waals surface area contributed by atoms with E-state index in [0.717, 1.165) is 57.8 Å². The topological polar surface area (TPSA) is 94.6 Å². The molecule has 0 saturated heterocycles. The first kappa shape index (κ1) is 30.4. The van der Waals surface area contributed by atoms with E-state index in [1.807, 2.05) is 0 Å². The van der Waals surface area contributed by atoms with E-state index in [9.17, 15) is 21.6 Å². The van der Waals surface area contributed by atoms with Gasteiger partial charge in [0, 0.05) is 17.9 Å². The third kappa shape index (κ3) is 13.5. The molecule has 0 rings (SSSR count). The smallest absolute Gasteiger partial charge is 0.305 e. The summed E-state index contributed by atoms with van der Waals surface area (Å²) in [6.45, 7) is 5.44. The summed E-state index contributed by atoms with van der Waals surface area (Å²) in [6, 6.07) is 0. The number of sulfone groups is 2. The molecule has 186 valence electrons. The molecule has 0 radical (unpaired) electrons. The minimum Gasteiger partial charge on any atom is -0.469 e. The van der Waals surface area contributed by atoms with Gasteiger partial charge in [-0.05, 0) is 32.1 Å². The standard InChI is InChI=1S/C23H46O6S2/c1-5-8-13-16-21(30(25,26)6-2)19-20-22(31(27,28)7-3)17-14-11-9-10-12-15-18-23(24)29-4/h21-22H,5-20H2,1-4H3. The fourth-order valence-corrected chi connectivity index (χ4v) is 6.91. The molecule has 0 aromatic carbocycles. The summed E-state index contributed by atoms with van der Waals surface area (Å²) < 4.78 is 54.8. The highest BCUT2D eigenvalue weighted by Gasteiger charge is 2.28. The molecule has 0 aliphatic carbocycles. The zero-order chi connectivity index (χ0) is 23.8. The molecule has 0 aromatic heterocycles. The van der Waals surface area contributed by atoms with Crippen molar-refractivity contribution in [2.24, 2.45) is 0 Å². The first-order valence-electron chi connectivity index (χ1n) is 12.1. The fraction of sp³-hybridized carbons (Fsp3) is 0.957. The van der Waals surface area contributed by atoms with Crippen molar-refractivity contribution in [3.63, 3.8) is 0 Å². The van der Waals surface area contributed by atoms with Crippen molar-refractivity contribution in [2.75, 3.05) is 18.6 Å². The van der Waals surface area contributed by atoms with Crippen LogP contribution in [0.15, 0.2) is 0 Å². The molecule has 8 heteroatoms. The summed E-state index contributed by atoms with van der Waals surface area (Å²) in [4.78, 5) is 11.1. The molecular formula is C23H46O6S2. The second-order valence-corrected chi connectivity index (χ2v) is 13.6. The Labute approximate surface area is 191 Å². The molecule has 0 heterocycles. The van der Waals surface area contributed by atoms with Crippen LogP contribution in [0.1, 0.15) is 111 Å². The number of rotatable bonds is 20. The molecule has 31 heavy (non-hydrogen) atoms. The number of esters is 1. The van der Waals surface area contributed by atoms with Crippen LogP contribution in [0.4, 0.5) is 0 Å². The van der Waals surface area contributed by atoms with E-state index in [0.29, 0.717) is 32.1 Å². The van der Waals surface area contributed by atoms with E-state index < -0.39 is 30.2 Å². The summed E-state index contributed by atoms with van der Waals surface area (Å²) in [5.74, 6) is 0.0442. The SMILES string of the molecule is CCCCCC(CCC(CCCCCCCCC(=O)OC)S(=O)(=O)CC)S(=O)(=O)CC. The Kier molecular flexibility index (Phi) is 16.6. The predicted molar refractivity (Wildman–Crippen MR) is 129 cm³/mol. The normalized spacial score (nSPS) is 14.3. The zero-order valence-corrected chi connectivity index (χ0v) is 21.9. The molecule has 0 aliphatic rings. The number of ether oxygens (including phenoxy) is 1. The summed E-state index contributed by atoms with van der Waals surface area (Å²) in [7, 11) is -4.96. The molecule has 0 spiro atoms. The minimum absolute atomic E-state index is 0.103. The predicted octanol–water partition coefficient (Wildman–Crippen LogP) is 5.25. The van der Waals surface area contributed by atoms with Crippen molar-refractivity contribution in [3.8, 4) is 0 Å². The van der Waals surface area contributed by atoms with Gasteiger partial charge < -0.3 is 4.74 Å². The highest BCUT2D eigenvalue weighted by atomic mass is 32.2. The van der Waals surface area contributed by atoms with Crippen LogP contribution in [-0.4, -0.2) is 51.9 Å². The van der Waals surface area contributed by atoms with Crippen molar-refractivity contribution in [1.82, 2.24) is 0 Å². The van der Waals surface area contributed by atoms with Gasteiger partial charge in [0.15, 0.2) is 19.7 Å². The summed E-state index contributed by atoms with van der Waals surface area (Å²) in [5, 5.41) is -0.869. The first-order valence-corrected chi connectivity index (χ1v) is 15.6. The van der Waals surface area contributed by atoms with Gasteiger partial charge in [-0.2, -0.15) is 0 Å². The molecule has 0 aliphatic heterocycles. The molecule has 0 bridgehead atoms. The van der Waals surface area contributed by atoms with Gasteiger partial charge in [0.05, 0.1) is 17.6 Å². The Balaban J connectivity index is 4.61. The summed E-state index contributed by atoms with van der Waals surface area (Å²) >= 11 is 0. The minimum atomic E-state index is -3.19. The number of carbonyl (C=O) groups excluding carboxylic acids is 1. The van der Waals surface area contributed by atoms with Crippen LogP contribution in [0.5, 0.6) is 0 Å². The molecule has 0 N–H and O–H groups in total. The van der Waals surface area contributed by atoms with Crippen LogP contribution >= 0.6 is 0 Å². The van der Waals surface area contributed by atoms with Crippen LogP contribution in [0, 0.1) is 0 Å². The fourth-order valence-electron chi connectivity index (χ4n) is 3.92. The van der Waals surface area contributed by atoms with Crippen LogP contribution in [0.2, 0.25) is 0 Å². The Morgan fingerprint density at radius 1 is 0.645 bits per heavy atom. The molecule has 0 fully saturated rings. The van der Waals surface area contributed by atoms with Gasteiger partial charge in [0.25, 0.3) is 0 Å². The first-order chi connectivity index (χ1) is 14.6. The monoisotopic (exact) mass is 482 g/mol. The number of unbranched alkanes of at least 4 members (excludes halogenated alkanes) is 7. The van der Waals surface area contributed by atoms with E-state index in [-0.39, 0.29) is 17.5 Å². The summed E-state index contributed by atoms with van der Waals surface area (Å²) in [6.07, 6.45) is 11.1. The van der Waals surface area contributed by atoms with Crippen LogP contribution in [-0.2, 0) is 29.2 Å². The largest absolute Gasteiger partial charge is 0.469 e. The second kappa shape index (κ2) is 16.9. The van der Waals surface area contributed by atoms with E-state index in [1.54, 1.807) is 13.8 Å². The van der Waals surface area contributed by atoms with Crippen LogP contribution in [0.3, 0.4) is 0 Å². The van der Waals surface area contributed by atoms with E-state index in [1.165, 1.54) is 7.11 Å². The van der Waals surface area contributed by atoms with Crippen molar-refractivity contribution < 1.29 is 26.4 Å². The Morgan fingerprint density at radius 3 is 1.48 bits per heavy atom. The number of hydrogen-bond donors (Lipinski definition) is 0. The van der Waals surface area contributed by atoms with Crippen molar-refractivity contribution >= 4 is 25.6 Å². The summed E-state index contributed by atoms with van der Waals surface area (Å²) in [5.41, 5.74) is 0. The maximum absolute atomic E-state index is 12.6. The maximum atomic E-state index is 12.6. The quantitative estimate of drug-likeness (QED) is 0.174. The lowest BCUT2D eigenvalue weighted by molar-refractivity contribution is -0.140. The Bertz CT molecular complexity index is 670. The maximum Gasteiger partial charge on any atom is 0.305 e. The van der Waals surface area contributed by atoms with Crippen molar-refractivity contribution in [1.29, 1.82) is 0 Å². The average molecular weight is 483 g/mol. The van der Waals surface area contributed by atoms with Gasteiger partial charge >= 0.3 is 5.97 Å². The Morgan fingerprint density at radius 2 is 1.06 bits per heavy atom. The van der Waals surface area contributed by atoms with Gasteiger partial charge in [-0.25, -0.2) is 16.8 Å². The van der Waals surface area contributed by atoms with E-state index >= 15 is 0 Å². The molecule has 0 amide bonds. The van der Waals surface area contributed by atoms with Crippen LogP contribution < -0.4 is 0 Å². The van der Waals surface area contributed by atoms with Crippen molar-refractivity contribution in [2.45, 2.75) is 121 Å². The second-order valence-electron chi connectivity index (χ2n) is 8.46. The van der Waals surface area contributed by atoms with Crippen molar-refractivity contribution in [3.05, 3.63) is 0 Å². The number of hydrogen-bond acceptors (Lipinski definition) is 6. The highest BCUT2D eigenvalue weighted by Crippen LogP contribution is 2.24. The molecule has 2 atom stereocenters. The molecule has 6 nitrogen and oxygen atoms in total. The average Bonchev–Trinajstić information content (AvgIpc) is 2.75. The molecule has 2 unspecified atom stereocenters. The lowest BCUT2D eigenvalue weighted by Gasteiger charge is -2.21. The van der Waals surface area contributed by atoms with E-state index in [4.69, 9.17) is 0 Å². The molecular weight excluding hydrogens is 436 g/mol. The molecule has 0 saturated carbocycles. The van der Waals surface area contributed by atoms with E-state index in [2.05, 4.69) is 11.7 Å². The van der Waals surface area contributed by atoms with Gasteiger partial charge in [0.1, 0.15) is 0 Å². The van der Waals surface area contributed by atoms with Gasteiger partial charge in [-0.3, -0.25) is 4.79 Å². The zero-order valence-electron chi connectivity index (χ0n) is 20.2. The third-order valence-corrected chi connectivity index (χ3v) is 10.7. The highest BCUT2D eigenvalue weighted by molar-refractivity contribution is 7.92. The lowest BCUT2D eigenvalue weighted by atomic mass is 10.0. The molecule has 0 aromatic rings. The number of carbonyl (C=O) groups is 1. The van der Waals surface area contributed by atoms with Gasteiger partial charge in [0.2, 0.25) is 0 Å². The lowest BCUT2D eigenvalue weighted by Crippen LogP contribution is -2.28.